The monoisotopic (exact) mass is 284 g/mol. The maximum Gasteiger partial charge on any atom is 0.306 e. The third-order valence-electron chi connectivity index (χ3n) is 3.78. The predicted molar refractivity (Wildman–Crippen MR) is 86.9 cm³/mol. The highest BCUT2D eigenvalue weighted by molar-refractivity contribution is 5.69. The molecule has 1 atom stereocenters. The summed E-state index contributed by atoms with van der Waals surface area (Å²) in [6.07, 6.45) is 15.5. The third kappa shape index (κ3) is 13.9. The highest BCUT2D eigenvalue weighted by atomic mass is 16.5. The number of carbonyl (C=O) groups excluding carboxylic acids is 1. The summed E-state index contributed by atoms with van der Waals surface area (Å²) in [5.74, 6) is -0.00320. The van der Waals surface area contributed by atoms with Crippen molar-refractivity contribution in [3.63, 3.8) is 0 Å². The molecule has 0 rings (SSSR count). The molecule has 0 radical (unpaired) electrons. The van der Waals surface area contributed by atoms with E-state index in [-0.39, 0.29) is 12.1 Å². The lowest BCUT2D eigenvalue weighted by atomic mass is 10.1. The summed E-state index contributed by atoms with van der Waals surface area (Å²) in [7, 11) is 0. The summed E-state index contributed by atoms with van der Waals surface area (Å²) < 4.78 is 5.44. The molecule has 0 aromatic carbocycles. The lowest BCUT2D eigenvalue weighted by Crippen LogP contribution is -2.14. The Morgan fingerprint density at radius 2 is 1.30 bits per heavy atom. The molecule has 20 heavy (non-hydrogen) atoms. The average molecular weight is 284 g/mol. The second-order valence-corrected chi connectivity index (χ2v) is 6.02. The van der Waals surface area contributed by atoms with Gasteiger partial charge in [-0.05, 0) is 26.2 Å². The molecule has 2 heteroatoms. The van der Waals surface area contributed by atoms with Gasteiger partial charge in [0, 0.05) is 6.42 Å². The number of rotatable bonds is 14. The van der Waals surface area contributed by atoms with Crippen LogP contribution < -0.4 is 0 Å². The SMILES string of the molecule is CCCCCCCCCC(C)OC(=O)CCCCCC. The molecule has 0 fully saturated rings. The molecule has 0 aliphatic rings. The predicted octanol–water partition coefficient (Wildman–Crippen LogP) is 6.03. The molecule has 1 unspecified atom stereocenters. The molecule has 0 saturated heterocycles. The molecule has 2 nitrogen and oxygen atoms in total. The van der Waals surface area contributed by atoms with Crippen molar-refractivity contribution in [2.24, 2.45) is 0 Å². The van der Waals surface area contributed by atoms with Crippen molar-refractivity contribution in [2.75, 3.05) is 0 Å². The average Bonchev–Trinajstić information content (AvgIpc) is 2.42. The molecular formula is C18H36O2. The molecule has 0 N–H and O–H groups in total. The molecular weight excluding hydrogens is 248 g/mol. The van der Waals surface area contributed by atoms with Gasteiger partial charge in [0.15, 0.2) is 0 Å². The minimum absolute atomic E-state index is 0.00320. The fraction of sp³-hybridized carbons (Fsp3) is 0.944. The zero-order valence-electron chi connectivity index (χ0n) is 14.1. The smallest absolute Gasteiger partial charge is 0.306 e. The van der Waals surface area contributed by atoms with E-state index in [4.69, 9.17) is 4.74 Å². The first-order chi connectivity index (χ1) is 9.70. The van der Waals surface area contributed by atoms with Crippen LogP contribution in [-0.2, 0) is 9.53 Å². The van der Waals surface area contributed by atoms with Crippen LogP contribution in [0, 0.1) is 0 Å². The maximum atomic E-state index is 11.6. The van der Waals surface area contributed by atoms with Gasteiger partial charge < -0.3 is 4.74 Å². The summed E-state index contributed by atoms with van der Waals surface area (Å²) in [5.41, 5.74) is 0. The van der Waals surface area contributed by atoms with E-state index in [2.05, 4.69) is 13.8 Å². The van der Waals surface area contributed by atoms with Gasteiger partial charge in [-0.2, -0.15) is 0 Å². The zero-order valence-corrected chi connectivity index (χ0v) is 14.1. The summed E-state index contributed by atoms with van der Waals surface area (Å²) in [4.78, 5) is 11.6. The summed E-state index contributed by atoms with van der Waals surface area (Å²) in [6.45, 7) is 6.46. The Hall–Kier alpha value is -0.530. The molecule has 120 valence electrons. The topological polar surface area (TPSA) is 26.3 Å². The van der Waals surface area contributed by atoms with E-state index in [1.54, 1.807) is 0 Å². The number of esters is 1. The van der Waals surface area contributed by atoms with Crippen LogP contribution in [0.25, 0.3) is 0 Å². The molecule has 0 bridgehead atoms. The van der Waals surface area contributed by atoms with Crippen LogP contribution in [0.2, 0.25) is 0 Å². The number of hydrogen-bond acceptors (Lipinski definition) is 2. The Morgan fingerprint density at radius 1 is 0.800 bits per heavy atom. The Labute approximate surface area is 126 Å². The van der Waals surface area contributed by atoms with E-state index in [0.717, 1.165) is 19.3 Å². The van der Waals surface area contributed by atoms with E-state index < -0.39 is 0 Å². The van der Waals surface area contributed by atoms with E-state index in [9.17, 15) is 4.79 Å². The molecule has 0 aromatic heterocycles. The number of ether oxygens (including phenoxy) is 1. The first kappa shape index (κ1) is 19.5. The Kier molecular flexibility index (Phi) is 14.5. The maximum absolute atomic E-state index is 11.6. The summed E-state index contributed by atoms with van der Waals surface area (Å²) in [5, 5.41) is 0. The van der Waals surface area contributed by atoms with Gasteiger partial charge >= 0.3 is 5.97 Å². The first-order valence-corrected chi connectivity index (χ1v) is 8.90. The highest BCUT2D eigenvalue weighted by Gasteiger charge is 2.08. The van der Waals surface area contributed by atoms with Crippen LogP contribution in [0.3, 0.4) is 0 Å². The fourth-order valence-electron chi connectivity index (χ4n) is 2.43. The van der Waals surface area contributed by atoms with Gasteiger partial charge in [-0.15, -0.1) is 0 Å². The van der Waals surface area contributed by atoms with E-state index in [1.165, 1.54) is 57.8 Å². The van der Waals surface area contributed by atoms with Gasteiger partial charge in [0.25, 0.3) is 0 Å². The second kappa shape index (κ2) is 14.9. The normalized spacial score (nSPS) is 12.3. The zero-order chi connectivity index (χ0) is 15.1. The van der Waals surface area contributed by atoms with Gasteiger partial charge in [0.2, 0.25) is 0 Å². The fourth-order valence-corrected chi connectivity index (χ4v) is 2.43. The van der Waals surface area contributed by atoms with Crippen molar-refractivity contribution in [3.05, 3.63) is 0 Å². The standard InChI is InChI=1S/C18H36O2/c1-4-6-8-10-11-12-13-15-17(3)20-18(19)16-14-9-7-5-2/h17H,4-16H2,1-3H3. The third-order valence-corrected chi connectivity index (χ3v) is 3.78. The summed E-state index contributed by atoms with van der Waals surface area (Å²) >= 11 is 0. The van der Waals surface area contributed by atoms with Crippen LogP contribution in [-0.4, -0.2) is 12.1 Å². The van der Waals surface area contributed by atoms with Crippen molar-refractivity contribution >= 4 is 5.97 Å². The highest BCUT2D eigenvalue weighted by Crippen LogP contribution is 2.12. The van der Waals surface area contributed by atoms with Crippen molar-refractivity contribution in [2.45, 2.75) is 110 Å². The van der Waals surface area contributed by atoms with E-state index in [0.29, 0.717) is 6.42 Å². The van der Waals surface area contributed by atoms with Crippen molar-refractivity contribution in [1.29, 1.82) is 0 Å². The first-order valence-electron chi connectivity index (χ1n) is 8.90. The van der Waals surface area contributed by atoms with Crippen molar-refractivity contribution < 1.29 is 9.53 Å². The van der Waals surface area contributed by atoms with Gasteiger partial charge in [-0.25, -0.2) is 0 Å². The molecule has 0 aliphatic carbocycles. The number of hydrogen-bond donors (Lipinski definition) is 0. The molecule has 0 spiro atoms. The second-order valence-electron chi connectivity index (χ2n) is 6.02. The molecule has 0 heterocycles. The lowest BCUT2D eigenvalue weighted by Gasteiger charge is -2.13. The molecule has 0 aromatic rings. The minimum Gasteiger partial charge on any atom is -0.463 e. The van der Waals surface area contributed by atoms with Gasteiger partial charge in [-0.3, -0.25) is 4.79 Å². The van der Waals surface area contributed by atoms with E-state index >= 15 is 0 Å². The summed E-state index contributed by atoms with van der Waals surface area (Å²) in [6, 6.07) is 0. The van der Waals surface area contributed by atoms with Crippen LogP contribution in [0.5, 0.6) is 0 Å². The van der Waals surface area contributed by atoms with Crippen LogP contribution in [0.1, 0.15) is 104 Å². The van der Waals surface area contributed by atoms with Gasteiger partial charge in [0.1, 0.15) is 0 Å². The Balaban J connectivity index is 3.34. The minimum atomic E-state index is -0.00320. The Morgan fingerprint density at radius 3 is 1.90 bits per heavy atom. The van der Waals surface area contributed by atoms with Crippen LogP contribution in [0.15, 0.2) is 0 Å². The molecule has 0 aliphatic heterocycles. The van der Waals surface area contributed by atoms with Crippen LogP contribution >= 0.6 is 0 Å². The number of carbonyl (C=O) groups is 1. The van der Waals surface area contributed by atoms with Crippen molar-refractivity contribution in [3.8, 4) is 0 Å². The quantitative estimate of drug-likeness (QED) is 0.287. The van der Waals surface area contributed by atoms with Crippen LogP contribution in [0.4, 0.5) is 0 Å². The van der Waals surface area contributed by atoms with E-state index in [1.807, 2.05) is 6.92 Å². The largest absolute Gasteiger partial charge is 0.463 e. The molecule has 0 amide bonds. The van der Waals surface area contributed by atoms with Gasteiger partial charge in [0.05, 0.1) is 6.10 Å². The molecule has 0 saturated carbocycles. The lowest BCUT2D eigenvalue weighted by molar-refractivity contribution is -0.148. The Bertz CT molecular complexity index is 213. The van der Waals surface area contributed by atoms with Crippen molar-refractivity contribution in [1.82, 2.24) is 0 Å². The van der Waals surface area contributed by atoms with Gasteiger partial charge in [-0.1, -0.05) is 71.6 Å². The number of unbranched alkanes of at least 4 members (excludes halogenated alkanes) is 9.